The van der Waals surface area contributed by atoms with E-state index in [4.69, 9.17) is 15.2 Å². The fourth-order valence-corrected chi connectivity index (χ4v) is 1.97. The van der Waals surface area contributed by atoms with E-state index in [-0.39, 0.29) is 6.04 Å². The van der Waals surface area contributed by atoms with Gasteiger partial charge in [0.15, 0.2) is 0 Å². The van der Waals surface area contributed by atoms with E-state index in [2.05, 4.69) is 0 Å². The summed E-state index contributed by atoms with van der Waals surface area (Å²) in [5, 5.41) is 0. The molecule has 0 aliphatic carbocycles. The third kappa shape index (κ3) is 3.75. The van der Waals surface area contributed by atoms with Gasteiger partial charge in [-0.3, -0.25) is 0 Å². The number of para-hydroxylation sites is 1. The number of benzene rings is 2. The number of hydrogen-bond donors (Lipinski definition) is 1. The summed E-state index contributed by atoms with van der Waals surface area (Å²) < 4.78 is 11.2. The number of aryl methyl sites for hydroxylation is 1. The Morgan fingerprint density at radius 3 is 2.35 bits per heavy atom. The molecular formula is C17H21NO2. The molecule has 0 bridgehead atoms. The standard InChI is InChI=1S/C17H21NO2/c1-3-19-15-10-8-14(9-11-15)16(18)12-20-17-7-5-4-6-13(17)2/h4-11,16H,3,12,18H2,1-2H3. The van der Waals surface area contributed by atoms with Gasteiger partial charge in [0, 0.05) is 0 Å². The second-order valence-electron chi connectivity index (χ2n) is 4.69. The molecule has 20 heavy (non-hydrogen) atoms. The van der Waals surface area contributed by atoms with Crippen LogP contribution in [0.4, 0.5) is 0 Å². The molecule has 0 aliphatic rings. The summed E-state index contributed by atoms with van der Waals surface area (Å²) >= 11 is 0. The summed E-state index contributed by atoms with van der Waals surface area (Å²) in [5.41, 5.74) is 8.31. The largest absolute Gasteiger partial charge is 0.494 e. The smallest absolute Gasteiger partial charge is 0.122 e. The number of nitrogens with two attached hydrogens (primary N) is 1. The van der Waals surface area contributed by atoms with Crippen molar-refractivity contribution < 1.29 is 9.47 Å². The van der Waals surface area contributed by atoms with Crippen LogP contribution >= 0.6 is 0 Å². The van der Waals surface area contributed by atoms with Crippen LogP contribution < -0.4 is 15.2 Å². The van der Waals surface area contributed by atoms with Gasteiger partial charge < -0.3 is 15.2 Å². The van der Waals surface area contributed by atoms with E-state index in [1.165, 1.54) is 0 Å². The Labute approximate surface area is 120 Å². The van der Waals surface area contributed by atoms with Gasteiger partial charge in [0.05, 0.1) is 12.6 Å². The summed E-state index contributed by atoms with van der Waals surface area (Å²) in [6, 6.07) is 15.6. The minimum absolute atomic E-state index is 0.148. The van der Waals surface area contributed by atoms with Gasteiger partial charge in [-0.05, 0) is 43.2 Å². The van der Waals surface area contributed by atoms with Crippen molar-refractivity contribution in [2.24, 2.45) is 5.73 Å². The fraction of sp³-hybridized carbons (Fsp3) is 0.294. The maximum Gasteiger partial charge on any atom is 0.122 e. The van der Waals surface area contributed by atoms with Gasteiger partial charge in [-0.1, -0.05) is 30.3 Å². The molecule has 0 fully saturated rings. The van der Waals surface area contributed by atoms with E-state index in [0.29, 0.717) is 13.2 Å². The average molecular weight is 271 g/mol. The molecule has 1 unspecified atom stereocenters. The van der Waals surface area contributed by atoms with Crippen LogP contribution in [-0.2, 0) is 0 Å². The minimum Gasteiger partial charge on any atom is -0.494 e. The first-order valence-electron chi connectivity index (χ1n) is 6.87. The molecule has 0 aromatic heterocycles. The molecule has 2 aromatic carbocycles. The van der Waals surface area contributed by atoms with Crippen molar-refractivity contribution in [2.45, 2.75) is 19.9 Å². The zero-order valence-corrected chi connectivity index (χ0v) is 12.0. The molecule has 0 spiro atoms. The second kappa shape index (κ2) is 6.96. The van der Waals surface area contributed by atoms with E-state index in [0.717, 1.165) is 22.6 Å². The van der Waals surface area contributed by atoms with Crippen LogP contribution in [0.3, 0.4) is 0 Å². The maximum atomic E-state index is 6.15. The van der Waals surface area contributed by atoms with E-state index in [9.17, 15) is 0 Å². The molecule has 0 amide bonds. The van der Waals surface area contributed by atoms with Gasteiger partial charge in [-0.15, -0.1) is 0 Å². The Kier molecular flexibility index (Phi) is 5.02. The van der Waals surface area contributed by atoms with Crippen molar-refractivity contribution >= 4 is 0 Å². The lowest BCUT2D eigenvalue weighted by Crippen LogP contribution is -2.19. The average Bonchev–Trinajstić information content (AvgIpc) is 2.47. The Hall–Kier alpha value is -2.00. The van der Waals surface area contributed by atoms with Crippen LogP contribution in [0.1, 0.15) is 24.1 Å². The van der Waals surface area contributed by atoms with Crippen molar-refractivity contribution in [1.82, 2.24) is 0 Å². The fourth-order valence-electron chi connectivity index (χ4n) is 1.97. The van der Waals surface area contributed by atoms with Crippen LogP contribution in [0, 0.1) is 6.92 Å². The third-order valence-corrected chi connectivity index (χ3v) is 3.13. The quantitative estimate of drug-likeness (QED) is 0.875. The Bertz CT molecular complexity index is 537. The van der Waals surface area contributed by atoms with Gasteiger partial charge in [-0.25, -0.2) is 0 Å². The molecule has 0 radical (unpaired) electrons. The molecule has 0 saturated carbocycles. The molecule has 106 valence electrons. The molecule has 3 nitrogen and oxygen atoms in total. The minimum atomic E-state index is -0.148. The van der Waals surface area contributed by atoms with E-state index in [1.807, 2.05) is 62.4 Å². The summed E-state index contributed by atoms with van der Waals surface area (Å²) in [4.78, 5) is 0. The van der Waals surface area contributed by atoms with Crippen molar-refractivity contribution in [3.05, 3.63) is 59.7 Å². The van der Waals surface area contributed by atoms with Crippen LogP contribution in [0.2, 0.25) is 0 Å². The zero-order valence-electron chi connectivity index (χ0n) is 12.0. The zero-order chi connectivity index (χ0) is 14.4. The number of ether oxygens (including phenoxy) is 2. The molecule has 2 aromatic rings. The van der Waals surface area contributed by atoms with Crippen LogP contribution in [0.5, 0.6) is 11.5 Å². The predicted molar refractivity (Wildman–Crippen MR) is 81.2 cm³/mol. The number of hydrogen-bond acceptors (Lipinski definition) is 3. The first-order chi connectivity index (χ1) is 9.70. The molecule has 2 N–H and O–H groups in total. The highest BCUT2D eigenvalue weighted by atomic mass is 16.5. The summed E-state index contributed by atoms with van der Waals surface area (Å²) in [7, 11) is 0. The van der Waals surface area contributed by atoms with Crippen LogP contribution in [0.25, 0.3) is 0 Å². The molecule has 0 saturated heterocycles. The Balaban J connectivity index is 1.94. The Morgan fingerprint density at radius 1 is 1.00 bits per heavy atom. The summed E-state index contributed by atoms with van der Waals surface area (Å²) in [5.74, 6) is 1.75. The lowest BCUT2D eigenvalue weighted by atomic mass is 10.1. The van der Waals surface area contributed by atoms with Crippen molar-refractivity contribution in [2.75, 3.05) is 13.2 Å². The molecule has 0 aliphatic heterocycles. The lowest BCUT2D eigenvalue weighted by molar-refractivity contribution is 0.288. The molecular weight excluding hydrogens is 250 g/mol. The third-order valence-electron chi connectivity index (χ3n) is 3.13. The summed E-state index contributed by atoms with van der Waals surface area (Å²) in [6.45, 7) is 5.12. The van der Waals surface area contributed by atoms with Gasteiger partial charge in [0.2, 0.25) is 0 Å². The topological polar surface area (TPSA) is 44.5 Å². The van der Waals surface area contributed by atoms with Gasteiger partial charge in [-0.2, -0.15) is 0 Å². The predicted octanol–water partition coefficient (Wildman–Crippen LogP) is 3.47. The molecule has 3 heteroatoms. The normalized spacial score (nSPS) is 11.9. The molecule has 0 heterocycles. The SMILES string of the molecule is CCOc1ccc(C(N)COc2ccccc2C)cc1. The second-order valence-corrected chi connectivity index (χ2v) is 4.69. The van der Waals surface area contributed by atoms with Crippen molar-refractivity contribution in [3.63, 3.8) is 0 Å². The highest BCUT2D eigenvalue weighted by molar-refractivity contribution is 5.32. The van der Waals surface area contributed by atoms with Crippen molar-refractivity contribution in [1.29, 1.82) is 0 Å². The first-order valence-corrected chi connectivity index (χ1v) is 6.87. The highest BCUT2D eigenvalue weighted by Crippen LogP contribution is 2.20. The van der Waals surface area contributed by atoms with Crippen LogP contribution in [0.15, 0.2) is 48.5 Å². The van der Waals surface area contributed by atoms with E-state index in [1.54, 1.807) is 0 Å². The lowest BCUT2D eigenvalue weighted by Gasteiger charge is -2.15. The summed E-state index contributed by atoms with van der Waals surface area (Å²) in [6.07, 6.45) is 0. The maximum absolute atomic E-state index is 6.15. The van der Waals surface area contributed by atoms with Gasteiger partial charge in [0.25, 0.3) is 0 Å². The first kappa shape index (κ1) is 14.4. The van der Waals surface area contributed by atoms with Gasteiger partial charge in [0.1, 0.15) is 18.1 Å². The van der Waals surface area contributed by atoms with Crippen LogP contribution in [-0.4, -0.2) is 13.2 Å². The van der Waals surface area contributed by atoms with E-state index < -0.39 is 0 Å². The molecule has 2 rings (SSSR count). The Morgan fingerprint density at radius 2 is 1.70 bits per heavy atom. The highest BCUT2D eigenvalue weighted by Gasteiger charge is 2.08. The molecule has 1 atom stereocenters. The van der Waals surface area contributed by atoms with Gasteiger partial charge >= 0.3 is 0 Å². The van der Waals surface area contributed by atoms with Crippen molar-refractivity contribution in [3.8, 4) is 11.5 Å². The number of rotatable bonds is 6. The monoisotopic (exact) mass is 271 g/mol. The van der Waals surface area contributed by atoms with E-state index >= 15 is 0 Å².